The zero-order valence-electron chi connectivity index (χ0n) is 13.6. The summed E-state index contributed by atoms with van der Waals surface area (Å²) >= 11 is 0. The number of carbonyl (C=O) groups excluding carboxylic acids is 1. The van der Waals surface area contributed by atoms with E-state index < -0.39 is 5.41 Å². The molecular formula is C19H24N2O. The molecule has 0 bridgehead atoms. The van der Waals surface area contributed by atoms with Crippen LogP contribution >= 0.6 is 0 Å². The third-order valence-corrected chi connectivity index (χ3v) is 4.10. The summed E-state index contributed by atoms with van der Waals surface area (Å²) in [4.78, 5) is 19.6. The molecule has 0 unspecified atom stereocenters. The van der Waals surface area contributed by atoms with Crippen LogP contribution in [-0.2, 0) is 10.2 Å². The van der Waals surface area contributed by atoms with Gasteiger partial charge >= 0.3 is 0 Å². The summed E-state index contributed by atoms with van der Waals surface area (Å²) < 4.78 is 0. The van der Waals surface area contributed by atoms with Crippen molar-refractivity contribution in [2.45, 2.75) is 25.2 Å². The van der Waals surface area contributed by atoms with Crippen LogP contribution in [-0.4, -0.2) is 36.3 Å². The topological polar surface area (TPSA) is 33.2 Å². The lowest BCUT2D eigenvalue weighted by Crippen LogP contribution is -2.40. The fourth-order valence-electron chi connectivity index (χ4n) is 2.89. The molecule has 0 amide bonds. The Bertz CT molecular complexity index is 554. The van der Waals surface area contributed by atoms with Crippen LogP contribution in [0.2, 0.25) is 0 Å². The van der Waals surface area contributed by atoms with Crippen LogP contribution in [0.4, 0.5) is 0 Å². The van der Waals surface area contributed by atoms with Gasteiger partial charge in [0.2, 0.25) is 0 Å². The lowest BCUT2D eigenvalue weighted by atomic mass is 9.70. The summed E-state index contributed by atoms with van der Waals surface area (Å²) in [6, 6.07) is 15.9. The zero-order valence-corrected chi connectivity index (χ0v) is 13.6. The average molecular weight is 296 g/mol. The molecule has 3 heteroatoms. The molecule has 0 saturated heterocycles. The van der Waals surface area contributed by atoms with Crippen LogP contribution in [0.5, 0.6) is 0 Å². The van der Waals surface area contributed by atoms with Crippen molar-refractivity contribution in [3.8, 4) is 0 Å². The van der Waals surface area contributed by atoms with Gasteiger partial charge in [0.25, 0.3) is 0 Å². The number of ketones is 1. The van der Waals surface area contributed by atoms with Gasteiger partial charge in [0.15, 0.2) is 0 Å². The molecule has 2 aromatic rings. The SMILES string of the molecule is CCC(=O)[C@@](CCN(C)C)(c1ccccc1)c1ccccn1. The molecule has 0 fully saturated rings. The molecule has 1 heterocycles. The molecule has 0 N–H and O–H groups in total. The van der Waals surface area contributed by atoms with E-state index in [1.807, 2.05) is 69.6 Å². The van der Waals surface area contributed by atoms with E-state index in [0.717, 1.165) is 24.2 Å². The molecule has 116 valence electrons. The molecule has 0 saturated carbocycles. The predicted octanol–water partition coefficient (Wildman–Crippen LogP) is 3.30. The highest BCUT2D eigenvalue weighted by molar-refractivity contribution is 5.93. The van der Waals surface area contributed by atoms with Crippen molar-refractivity contribution >= 4 is 5.78 Å². The zero-order chi connectivity index (χ0) is 16.0. The third kappa shape index (κ3) is 3.25. The van der Waals surface area contributed by atoms with Gasteiger partial charge in [0.1, 0.15) is 5.78 Å². The second-order valence-electron chi connectivity index (χ2n) is 5.82. The van der Waals surface area contributed by atoms with Crippen molar-refractivity contribution in [3.05, 3.63) is 66.0 Å². The second-order valence-corrected chi connectivity index (χ2v) is 5.82. The highest BCUT2D eigenvalue weighted by Gasteiger charge is 2.41. The summed E-state index contributed by atoms with van der Waals surface area (Å²) in [7, 11) is 4.06. The van der Waals surface area contributed by atoms with E-state index in [9.17, 15) is 4.79 Å². The smallest absolute Gasteiger partial charge is 0.149 e. The van der Waals surface area contributed by atoms with Crippen LogP contribution in [0, 0.1) is 0 Å². The Hall–Kier alpha value is -2.00. The second kappa shape index (κ2) is 7.32. The Morgan fingerprint density at radius 3 is 2.32 bits per heavy atom. The lowest BCUT2D eigenvalue weighted by Gasteiger charge is -2.33. The number of carbonyl (C=O) groups is 1. The first-order valence-corrected chi connectivity index (χ1v) is 7.76. The van der Waals surface area contributed by atoms with Crippen LogP contribution < -0.4 is 0 Å². The van der Waals surface area contributed by atoms with E-state index in [-0.39, 0.29) is 5.78 Å². The van der Waals surface area contributed by atoms with Crippen LogP contribution in [0.3, 0.4) is 0 Å². The predicted molar refractivity (Wildman–Crippen MR) is 89.9 cm³/mol. The van der Waals surface area contributed by atoms with Crippen LogP contribution in [0.15, 0.2) is 54.7 Å². The number of pyridine rings is 1. The maximum Gasteiger partial charge on any atom is 0.149 e. The number of nitrogens with zero attached hydrogens (tertiary/aromatic N) is 2. The van der Waals surface area contributed by atoms with Gasteiger partial charge in [0, 0.05) is 12.6 Å². The number of Topliss-reactive ketones (excluding diaryl/α,β-unsaturated/α-hetero) is 1. The Labute approximate surface area is 133 Å². The standard InChI is InChI=1S/C19H24N2O/c1-4-18(22)19(13-15-21(2)3,16-10-6-5-7-11-16)17-12-8-9-14-20-17/h5-12,14H,4,13,15H2,1-3H3/t19-/m0/s1. The highest BCUT2D eigenvalue weighted by Crippen LogP contribution is 2.36. The van der Waals surface area contributed by atoms with Crippen molar-refractivity contribution in [2.24, 2.45) is 0 Å². The van der Waals surface area contributed by atoms with Crippen LogP contribution in [0.25, 0.3) is 0 Å². The minimum absolute atomic E-state index is 0.222. The van der Waals surface area contributed by atoms with Gasteiger partial charge in [-0.05, 0) is 44.8 Å². The van der Waals surface area contributed by atoms with Gasteiger partial charge in [-0.3, -0.25) is 9.78 Å². The number of hydrogen-bond acceptors (Lipinski definition) is 3. The molecule has 1 aromatic carbocycles. The summed E-state index contributed by atoms with van der Waals surface area (Å²) in [5.41, 5.74) is 1.21. The largest absolute Gasteiger partial charge is 0.309 e. The van der Waals surface area contributed by atoms with E-state index in [2.05, 4.69) is 9.88 Å². The van der Waals surface area contributed by atoms with Gasteiger partial charge in [-0.15, -0.1) is 0 Å². The molecule has 1 atom stereocenters. The van der Waals surface area contributed by atoms with Crippen molar-refractivity contribution < 1.29 is 4.79 Å². The molecule has 0 aliphatic carbocycles. The molecule has 3 nitrogen and oxygen atoms in total. The van der Waals surface area contributed by atoms with Gasteiger partial charge in [-0.2, -0.15) is 0 Å². The molecule has 22 heavy (non-hydrogen) atoms. The molecule has 1 aromatic heterocycles. The normalized spacial score (nSPS) is 13.8. The Morgan fingerprint density at radius 1 is 1.09 bits per heavy atom. The monoisotopic (exact) mass is 296 g/mol. The van der Waals surface area contributed by atoms with E-state index in [1.165, 1.54) is 0 Å². The van der Waals surface area contributed by atoms with E-state index in [0.29, 0.717) is 6.42 Å². The first-order valence-electron chi connectivity index (χ1n) is 7.76. The van der Waals surface area contributed by atoms with Gasteiger partial charge in [-0.1, -0.05) is 43.3 Å². The van der Waals surface area contributed by atoms with Crippen molar-refractivity contribution in [3.63, 3.8) is 0 Å². The molecule has 0 aliphatic heterocycles. The highest BCUT2D eigenvalue weighted by atomic mass is 16.1. The van der Waals surface area contributed by atoms with Crippen molar-refractivity contribution in [2.75, 3.05) is 20.6 Å². The van der Waals surface area contributed by atoms with Crippen molar-refractivity contribution in [1.29, 1.82) is 0 Å². The van der Waals surface area contributed by atoms with Crippen LogP contribution in [0.1, 0.15) is 31.0 Å². The summed E-state index contributed by atoms with van der Waals surface area (Å²) in [5, 5.41) is 0. The fraction of sp³-hybridized carbons (Fsp3) is 0.368. The molecule has 2 rings (SSSR count). The summed E-state index contributed by atoms with van der Waals surface area (Å²) in [6.07, 6.45) is 3.00. The summed E-state index contributed by atoms with van der Waals surface area (Å²) in [5.74, 6) is 0.222. The Morgan fingerprint density at radius 2 is 1.77 bits per heavy atom. The quantitative estimate of drug-likeness (QED) is 0.786. The van der Waals surface area contributed by atoms with E-state index in [1.54, 1.807) is 6.20 Å². The fourth-order valence-corrected chi connectivity index (χ4v) is 2.89. The van der Waals surface area contributed by atoms with E-state index in [4.69, 9.17) is 0 Å². The summed E-state index contributed by atoms with van der Waals surface area (Å²) in [6.45, 7) is 2.76. The number of hydrogen-bond donors (Lipinski definition) is 0. The maximum atomic E-state index is 13.0. The maximum absolute atomic E-state index is 13.0. The lowest BCUT2D eigenvalue weighted by molar-refractivity contribution is -0.123. The Kier molecular flexibility index (Phi) is 5.45. The molecule has 0 aliphatic rings. The van der Waals surface area contributed by atoms with Gasteiger partial charge in [0.05, 0.1) is 11.1 Å². The minimum Gasteiger partial charge on any atom is -0.309 e. The molecule has 0 spiro atoms. The van der Waals surface area contributed by atoms with Crippen molar-refractivity contribution in [1.82, 2.24) is 9.88 Å². The van der Waals surface area contributed by atoms with Gasteiger partial charge < -0.3 is 4.90 Å². The first-order chi connectivity index (χ1) is 10.6. The average Bonchev–Trinajstić information content (AvgIpc) is 2.57. The Balaban J connectivity index is 2.61. The first kappa shape index (κ1) is 16.4. The number of rotatable bonds is 7. The number of aromatic nitrogens is 1. The molecule has 0 radical (unpaired) electrons. The minimum atomic E-state index is -0.665. The number of benzene rings is 1. The molecular weight excluding hydrogens is 272 g/mol. The van der Waals surface area contributed by atoms with E-state index >= 15 is 0 Å². The van der Waals surface area contributed by atoms with Gasteiger partial charge in [-0.25, -0.2) is 0 Å². The third-order valence-electron chi connectivity index (χ3n) is 4.10.